The van der Waals surface area contributed by atoms with Crippen molar-refractivity contribution in [1.29, 1.82) is 0 Å². The number of rotatable bonds is 7. The lowest BCUT2D eigenvalue weighted by molar-refractivity contribution is -0.384. The summed E-state index contributed by atoms with van der Waals surface area (Å²) < 4.78 is 27.0. The third kappa shape index (κ3) is 3.79. The maximum absolute atomic E-state index is 12.8. The molecular formula is C14H22N2O4S. The highest BCUT2D eigenvalue weighted by molar-refractivity contribution is 7.89. The van der Waals surface area contributed by atoms with Crippen LogP contribution in [0, 0.1) is 10.1 Å². The van der Waals surface area contributed by atoms with Gasteiger partial charge in [0.2, 0.25) is 10.0 Å². The second-order valence-corrected chi connectivity index (χ2v) is 6.94. The van der Waals surface area contributed by atoms with Gasteiger partial charge in [0.25, 0.3) is 5.69 Å². The molecule has 0 bridgehead atoms. The standard InChI is InChI=1S/C14H22N2O4S/c1-5-11(3)15(12(4)6-2)21(19,20)14-9-7-13(8-10-14)16(17)18/h7-12H,5-6H2,1-4H3. The van der Waals surface area contributed by atoms with Crippen LogP contribution < -0.4 is 0 Å². The highest BCUT2D eigenvalue weighted by atomic mass is 32.2. The van der Waals surface area contributed by atoms with Crippen molar-refractivity contribution in [3.8, 4) is 0 Å². The molecule has 0 aliphatic carbocycles. The highest BCUT2D eigenvalue weighted by Gasteiger charge is 2.32. The molecule has 0 radical (unpaired) electrons. The first-order chi connectivity index (χ1) is 9.75. The fourth-order valence-electron chi connectivity index (χ4n) is 2.13. The van der Waals surface area contributed by atoms with E-state index in [0.717, 1.165) is 0 Å². The number of nitro groups is 1. The smallest absolute Gasteiger partial charge is 0.258 e. The van der Waals surface area contributed by atoms with Gasteiger partial charge in [0.15, 0.2) is 0 Å². The molecule has 1 aromatic rings. The van der Waals surface area contributed by atoms with E-state index in [1.165, 1.54) is 28.6 Å². The normalized spacial score (nSPS) is 14.9. The number of non-ortho nitro benzene ring substituents is 1. The molecule has 6 nitrogen and oxygen atoms in total. The molecule has 1 aromatic carbocycles. The molecule has 21 heavy (non-hydrogen) atoms. The van der Waals surface area contributed by atoms with Gasteiger partial charge in [0, 0.05) is 24.2 Å². The summed E-state index contributed by atoms with van der Waals surface area (Å²) in [5.41, 5.74) is -0.118. The van der Waals surface area contributed by atoms with Crippen molar-refractivity contribution in [2.24, 2.45) is 0 Å². The van der Waals surface area contributed by atoms with Crippen molar-refractivity contribution in [3.05, 3.63) is 34.4 Å². The molecule has 0 aliphatic rings. The molecule has 0 saturated heterocycles. The minimum Gasteiger partial charge on any atom is -0.258 e. The number of sulfonamides is 1. The van der Waals surface area contributed by atoms with Gasteiger partial charge in [-0.2, -0.15) is 4.31 Å². The van der Waals surface area contributed by atoms with E-state index in [4.69, 9.17) is 0 Å². The Hall–Kier alpha value is -1.47. The lowest BCUT2D eigenvalue weighted by Gasteiger charge is -2.32. The molecule has 1 rings (SSSR count). The molecule has 7 heteroatoms. The summed E-state index contributed by atoms with van der Waals surface area (Å²) in [7, 11) is -3.66. The van der Waals surface area contributed by atoms with Crippen molar-refractivity contribution >= 4 is 15.7 Å². The molecule has 0 N–H and O–H groups in total. The van der Waals surface area contributed by atoms with E-state index in [-0.39, 0.29) is 22.7 Å². The summed E-state index contributed by atoms with van der Waals surface area (Å²) >= 11 is 0. The summed E-state index contributed by atoms with van der Waals surface area (Å²) in [5.74, 6) is 0. The quantitative estimate of drug-likeness (QED) is 0.572. The number of nitro benzene ring substituents is 1. The van der Waals surface area contributed by atoms with Crippen LogP contribution in [0.1, 0.15) is 40.5 Å². The Morgan fingerprint density at radius 2 is 1.52 bits per heavy atom. The van der Waals surface area contributed by atoms with E-state index in [1.807, 2.05) is 27.7 Å². The zero-order valence-corrected chi connectivity index (χ0v) is 13.6. The van der Waals surface area contributed by atoms with Gasteiger partial charge >= 0.3 is 0 Å². The Labute approximate surface area is 126 Å². The zero-order chi connectivity index (χ0) is 16.2. The molecule has 0 heterocycles. The van der Waals surface area contributed by atoms with E-state index in [1.54, 1.807) is 0 Å². The Kier molecular flexibility index (Phi) is 5.86. The fraction of sp³-hybridized carbons (Fsp3) is 0.571. The summed E-state index contributed by atoms with van der Waals surface area (Å²) in [4.78, 5) is 10.2. The average Bonchev–Trinajstić information content (AvgIpc) is 2.46. The van der Waals surface area contributed by atoms with Crippen LogP contribution in [0.25, 0.3) is 0 Å². The molecule has 118 valence electrons. The lowest BCUT2D eigenvalue weighted by atomic mass is 10.2. The first kappa shape index (κ1) is 17.6. The van der Waals surface area contributed by atoms with Gasteiger partial charge < -0.3 is 0 Å². The predicted molar refractivity (Wildman–Crippen MR) is 81.6 cm³/mol. The van der Waals surface area contributed by atoms with Crippen molar-refractivity contribution in [2.75, 3.05) is 0 Å². The topological polar surface area (TPSA) is 80.5 Å². The highest BCUT2D eigenvalue weighted by Crippen LogP contribution is 2.25. The molecule has 2 atom stereocenters. The van der Waals surface area contributed by atoms with E-state index < -0.39 is 14.9 Å². The van der Waals surface area contributed by atoms with Crippen molar-refractivity contribution in [1.82, 2.24) is 4.31 Å². The molecular weight excluding hydrogens is 292 g/mol. The second-order valence-electron chi connectivity index (χ2n) is 5.10. The summed E-state index contributed by atoms with van der Waals surface area (Å²) in [6.07, 6.45) is 1.41. The van der Waals surface area contributed by atoms with E-state index >= 15 is 0 Å². The van der Waals surface area contributed by atoms with Crippen LogP contribution in [0.4, 0.5) is 5.69 Å². The van der Waals surface area contributed by atoms with Crippen LogP contribution >= 0.6 is 0 Å². The van der Waals surface area contributed by atoms with E-state index in [2.05, 4.69) is 0 Å². The van der Waals surface area contributed by atoms with Gasteiger partial charge in [0.05, 0.1) is 9.82 Å². The first-order valence-corrected chi connectivity index (χ1v) is 8.47. The molecule has 0 saturated carbocycles. The Bertz CT molecular complexity index is 573. The second kappa shape index (κ2) is 7.00. The molecule has 0 fully saturated rings. The SMILES string of the molecule is CCC(C)N(C(C)CC)S(=O)(=O)c1ccc([N+](=O)[O-])cc1. The van der Waals surface area contributed by atoms with Crippen LogP contribution in [-0.4, -0.2) is 29.7 Å². The van der Waals surface area contributed by atoms with Gasteiger partial charge in [-0.1, -0.05) is 13.8 Å². The van der Waals surface area contributed by atoms with Gasteiger partial charge in [-0.15, -0.1) is 0 Å². The zero-order valence-electron chi connectivity index (χ0n) is 12.8. The molecule has 0 spiro atoms. The number of hydrogen-bond donors (Lipinski definition) is 0. The molecule has 2 unspecified atom stereocenters. The van der Waals surface area contributed by atoms with Crippen molar-refractivity contribution in [3.63, 3.8) is 0 Å². The first-order valence-electron chi connectivity index (χ1n) is 7.03. The van der Waals surface area contributed by atoms with Crippen LogP contribution in [-0.2, 0) is 10.0 Å². The van der Waals surface area contributed by atoms with Gasteiger partial charge in [-0.25, -0.2) is 8.42 Å². The van der Waals surface area contributed by atoms with Crippen LogP contribution in [0.2, 0.25) is 0 Å². The summed E-state index contributed by atoms with van der Waals surface area (Å²) in [5, 5.41) is 10.7. The predicted octanol–water partition coefficient (Wildman–Crippen LogP) is 3.18. The number of benzene rings is 1. The monoisotopic (exact) mass is 314 g/mol. The summed E-state index contributed by atoms with van der Waals surface area (Å²) in [6.45, 7) is 7.61. The number of hydrogen-bond acceptors (Lipinski definition) is 4. The maximum atomic E-state index is 12.8. The van der Waals surface area contributed by atoms with Gasteiger partial charge in [-0.3, -0.25) is 10.1 Å². The molecule has 0 aliphatic heterocycles. The van der Waals surface area contributed by atoms with Gasteiger partial charge in [-0.05, 0) is 38.8 Å². The van der Waals surface area contributed by atoms with E-state index in [0.29, 0.717) is 12.8 Å². The van der Waals surface area contributed by atoms with E-state index in [9.17, 15) is 18.5 Å². The molecule has 0 aromatic heterocycles. The molecule has 0 amide bonds. The van der Waals surface area contributed by atoms with Crippen LogP contribution in [0.5, 0.6) is 0 Å². The minimum atomic E-state index is -3.66. The maximum Gasteiger partial charge on any atom is 0.269 e. The van der Waals surface area contributed by atoms with Crippen LogP contribution in [0.3, 0.4) is 0 Å². The average molecular weight is 314 g/mol. The van der Waals surface area contributed by atoms with Crippen molar-refractivity contribution in [2.45, 2.75) is 57.5 Å². The largest absolute Gasteiger partial charge is 0.269 e. The lowest BCUT2D eigenvalue weighted by Crippen LogP contribution is -2.44. The Balaban J connectivity index is 3.25. The third-order valence-electron chi connectivity index (χ3n) is 3.67. The third-order valence-corrected chi connectivity index (χ3v) is 5.82. The van der Waals surface area contributed by atoms with Crippen molar-refractivity contribution < 1.29 is 13.3 Å². The summed E-state index contributed by atoms with van der Waals surface area (Å²) in [6, 6.07) is 4.79. The number of nitrogens with zero attached hydrogens (tertiary/aromatic N) is 2. The van der Waals surface area contributed by atoms with Crippen LogP contribution in [0.15, 0.2) is 29.2 Å². The Morgan fingerprint density at radius 1 is 1.10 bits per heavy atom. The fourth-order valence-corrected chi connectivity index (χ4v) is 4.10. The Morgan fingerprint density at radius 3 is 1.86 bits per heavy atom. The minimum absolute atomic E-state index is 0.0914. The van der Waals surface area contributed by atoms with Gasteiger partial charge in [0.1, 0.15) is 0 Å².